The predicted molar refractivity (Wildman–Crippen MR) is 67.9 cm³/mol. The van der Waals surface area contributed by atoms with Crippen molar-refractivity contribution in [3.63, 3.8) is 0 Å². The van der Waals surface area contributed by atoms with Gasteiger partial charge in [-0.3, -0.25) is 0 Å². The van der Waals surface area contributed by atoms with Gasteiger partial charge in [0.05, 0.1) is 0 Å². The minimum atomic E-state index is 1.02. The van der Waals surface area contributed by atoms with Gasteiger partial charge in [0, 0.05) is 5.92 Å². The summed E-state index contributed by atoms with van der Waals surface area (Å²) < 4.78 is 0. The average molecular weight is 201 g/mol. The van der Waals surface area contributed by atoms with Crippen LogP contribution >= 0.6 is 0 Å². The molecule has 0 heterocycles. The van der Waals surface area contributed by atoms with Crippen molar-refractivity contribution in [3.8, 4) is 0 Å². The van der Waals surface area contributed by atoms with Crippen molar-refractivity contribution in [1.82, 2.24) is 0 Å². The van der Waals surface area contributed by atoms with Crippen LogP contribution in [-0.4, -0.2) is 0 Å². The maximum Gasteiger partial charge on any atom is 0.00898 e. The molecule has 0 nitrogen and oxygen atoms in total. The zero-order valence-corrected chi connectivity index (χ0v) is 9.92. The lowest BCUT2D eigenvalue weighted by molar-refractivity contribution is 0.722. The Morgan fingerprint density at radius 2 is 2.07 bits per heavy atom. The summed E-state index contributed by atoms with van der Waals surface area (Å²) in [5.74, 6) is 1.53. The minimum absolute atomic E-state index is 1.02. The fourth-order valence-corrected chi connectivity index (χ4v) is 1.88. The first kappa shape index (κ1) is 12.0. The number of benzene rings is 1. The van der Waals surface area contributed by atoms with Gasteiger partial charge >= 0.3 is 0 Å². The van der Waals surface area contributed by atoms with Gasteiger partial charge in [-0.2, -0.15) is 0 Å². The lowest BCUT2D eigenvalue weighted by Crippen LogP contribution is -2.01. The van der Waals surface area contributed by atoms with Crippen LogP contribution in [0.15, 0.2) is 36.9 Å². The second-order valence-corrected chi connectivity index (χ2v) is 4.01. The highest BCUT2D eigenvalue weighted by Crippen LogP contribution is 2.27. The molecule has 0 aromatic heterocycles. The van der Waals surface area contributed by atoms with E-state index >= 15 is 0 Å². The average Bonchev–Trinajstić information content (AvgIpc) is 2.25. The van der Waals surface area contributed by atoms with E-state index in [0.717, 1.165) is 6.42 Å². The SMILES string of the molecule is C=CC[C](CCCC)c1ccccc1C. The smallest absolute Gasteiger partial charge is 0.00898 e. The number of unbranched alkanes of at least 4 members (excludes halogenated alkanes) is 1. The molecule has 0 atom stereocenters. The molecule has 0 bridgehead atoms. The van der Waals surface area contributed by atoms with Crippen molar-refractivity contribution >= 4 is 0 Å². The third kappa shape index (κ3) is 3.54. The summed E-state index contributed by atoms with van der Waals surface area (Å²) >= 11 is 0. The van der Waals surface area contributed by atoms with E-state index in [1.54, 1.807) is 0 Å². The van der Waals surface area contributed by atoms with Crippen LogP contribution in [0.5, 0.6) is 0 Å². The van der Waals surface area contributed by atoms with E-state index in [1.807, 2.05) is 6.08 Å². The van der Waals surface area contributed by atoms with Crippen molar-refractivity contribution in [2.75, 3.05) is 0 Å². The second kappa shape index (κ2) is 6.44. The summed E-state index contributed by atoms with van der Waals surface area (Å²) in [7, 11) is 0. The number of allylic oxidation sites excluding steroid dienone is 1. The van der Waals surface area contributed by atoms with Crippen LogP contribution in [0, 0.1) is 12.8 Å². The first-order valence-electron chi connectivity index (χ1n) is 5.81. The van der Waals surface area contributed by atoms with Gasteiger partial charge in [-0.05, 0) is 30.9 Å². The first-order chi connectivity index (χ1) is 7.29. The molecule has 1 aromatic rings. The van der Waals surface area contributed by atoms with E-state index in [-0.39, 0.29) is 0 Å². The zero-order valence-electron chi connectivity index (χ0n) is 9.92. The molecule has 81 valence electrons. The molecule has 1 rings (SSSR count). The van der Waals surface area contributed by atoms with Gasteiger partial charge in [-0.15, -0.1) is 6.58 Å². The zero-order chi connectivity index (χ0) is 11.1. The van der Waals surface area contributed by atoms with Crippen LogP contribution in [0.3, 0.4) is 0 Å². The summed E-state index contributed by atoms with van der Waals surface area (Å²) in [6, 6.07) is 8.63. The molecular weight excluding hydrogens is 180 g/mol. The quantitative estimate of drug-likeness (QED) is 0.586. The van der Waals surface area contributed by atoms with Crippen molar-refractivity contribution in [3.05, 3.63) is 54.0 Å². The summed E-state index contributed by atoms with van der Waals surface area (Å²) in [4.78, 5) is 0. The molecule has 0 fully saturated rings. The van der Waals surface area contributed by atoms with E-state index < -0.39 is 0 Å². The minimum Gasteiger partial charge on any atom is -0.103 e. The lowest BCUT2D eigenvalue weighted by atomic mass is 9.88. The summed E-state index contributed by atoms with van der Waals surface area (Å²) in [6.45, 7) is 8.27. The van der Waals surface area contributed by atoms with Crippen molar-refractivity contribution < 1.29 is 0 Å². The van der Waals surface area contributed by atoms with Gasteiger partial charge in [-0.25, -0.2) is 0 Å². The van der Waals surface area contributed by atoms with E-state index in [0.29, 0.717) is 0 Å². The van der Waals surface area contributed by atoms with Crippen LogP contribution in [0.25, 0.3) is 0 Å². The van der Waals surface area contributed by atoms with E-state index in [2.05, 4.69) is 44.7 Å². The number of hydrogen-bond acceptors (Lipinski definition) is 0. The van der Waals surface area contributed by atoms with Gasteiger partial charge in [0.25, 0.3) is 0 Å². The summed E-state index contributed by atoms with van der Waals surface area (Å²) in [6.07, 6.45) is 6.76. The Balaban J connectivity index is 2.78. The summed E-state index contributed by atoms with van der Waals surface area (Å²) in [5.41, 5.74) is 2.80. The molecule has 0 saturated heterocycles. The second-order valence-electron chi connectivity index (χ2n) is 4.01. The molecule has 0 saturated carbocycles. The van der Waals surface area contributed by atoms with Crippen LogP contribution in [0.2, 0.25) is 0 Å². The highest BCUT2D eigenvalue weighted by atomic mass is 14.2. The molecule has 1 radical (unpaired) electrons. The van der Waals surface area contributed by atoms with Gasteiger partial charge < -0.3 is 0 Å². The monoisotopic (exact) mass is 201 g/mol. The van der Waals surface area contributed by atoms with Crippen LogP contribution in [-0.2, 0) is 0 Å². The third-order valence-electron chi connectivity index (χ3n) is 2.75. The van der Waals surface area contributed by atoms with Gasteiger partial charge in [-0.1, -0.05) is 50.1 Å². The number of rotatable bonds is 6. The Morgan fingerprint density at radius 3 is 2.67 bits per heavy atom. The molecule has 0 aliphatic carbocycles. The standard InChI is InChI=1S/C15H21/c1-4-6-11-14(9-5-2)15-12-8-7-10-13(15)3/h5,7-8,10,12H,2,4,6,9,11H2,1,3H3. The number of aryl methyl sites for hydroxylation is 1. The first-order valence-corrected chi connectivity index (χ1v) is 5.81. The topological polar surface area (TPSA) is 0 Å². The molecule has 0 heteroatoms. The maximum atomic E-state index is 3.84. The van der Waals surface area contributed by atoms with Gasteiger partial charge in [0.1, 0.15) is 0 Å². The predicted octanol–water partition coefficient (Wildman–Crippen LogP) is 4.68. The van der Waals surface area contributed by atoms with Gasteiger partial charge in [0.15, 0.2) is 0 Å². The molecule has 15 heavy (non-hydrogen) atoms. The van der Waals surface area contributed by atoms with Crippen LogP contribution < -0.4 is 0 Å². The summed E-state index contributed by atoms with van der Waals surface area (Å²) in [5, 5.41) is 0. The number of hydrogen-bond donors (Lipinski definition) is 0. The van der Waals surface area contributed by atoms with E-state index in [4.69, 9.17) is 0 Å². The third-order valence-corrected chi connectivity index (χ3v) is 2.75. The fourth-order valence-electron chi connectivity index (χ4n) is 1.88. The van der Waals surface area contributed by atoms with Gasteiger partial charge in [0.2, 0.25) is 0 Å². The molecule has 0 unspecified atom stereocenters. The normalized spacial score (nSPS) is 10.6. The Bertz CT molecular complexity index is 299. The largest absolute Gasteiger partial charge is 0.103 e. The van der Waals surface area contributed by atoms with E-state index in [1.165, 1.54) is 36.3 Å². The van der Waals surface area contributed by atoms with Crippen molar-refractivity contribution in [1.29, 1.82) is 0 Å². The van der Waals surface area contributed by atoms with E-state index in [9.17, 15) is 0 Å². The maximum absolute atomic E-state index is 3.84. The molecule has 0 amide bonds. The van der Waals surface area contributed by atoms with Crippen molar-refractivity contribution in [2.45, 2.75) is 39.5 Å². The molecular formula is C15H21. The molecule has 0 aliphatic heterocycles. The molecule has 0 aliphatic rings. The molecule has 0 N–H and O–H groups in total. The molecule has 1 aromatic carbocycles. The van der Waals surface area contributed by atoms with Crippen LogP contribution in [0.1, 0.15) is 43.7 Å². The lowest BCUT2D eigenvalue weighted by Gasteiger charge is -2.16. The Labute approximate surface area is 94.0 Å². The molecule has 0 spiro atoms. The van der Waals surface area contributed by atoms with Crippen molar-refractivity contribution in [2.24, 2.45) is 0 Å². The Kier molecular flexibility index (Phi) is 5.17. The van der Waals surface area contributed by atoms with Crippen LogP contribution in [0.4, 0.5) is 0 Å². The highest BCUT2D eigenvalue weighted by Gasteiger charge is 2.11. The fraction of sp³-hybridized carbons (Fsp3) is 0.400. The highest BCUT2D eigenvalue weighted by molar-refractivity contribution is 5.38. The Hall–Kier alpha value is -1.04. The Morgan fingerprint density at radius 1 is 1.33 bits per heavy atom.